The molecule has 6 heteroatoms. The van der Waals surface area contributed by atoms with Crippen LogP contribution < -0.4 is 5.32 Å². The predicted octanol–water partition coefficient (Wildman–Crippen LogP) is 2.87. The Morgan fingerprint density at radius 1 is 1.39 bits per heavy atom. The summed E-state index contributed by atoms with van der Waals surface area (Å²) in [6.07, 6.45) is -1.33. The van der Waals surface area contributed by atoms with Crippen molar-refractivity contribution in [1.82, 2.24) is 15.3 Å². The van der Waals surface area contributed by atoms with Gasteiger partial charge < -0.3 is 5.32 Å². The van der Waals surface area contributed by atoms with Crippen molar-refractivity contribution in [3.8, 4) is 0 Å². The molecule has 1 aliphatic rings. The Kier molecular flexibility index (Phi) is 3.56. The van der Waals surface area contributed by atoms with E-state index in [-0.39, 0.29) is 24.1 Å². The van der Waals surface area contributed by atoms with Gasteiger partial charge in [0.15, 0.2) is 5.69 Å². The van der Waals surface area contributed by atoms with Crippen molar-refractivity contribution < 1.29 is 13.2 Å². The summed E-state index contributed by atoms with van der Waals surface area (Å²) >= 11 is 0. The van der Waals surface area contributed by atoms with Crippen molar-refractivity contribution in [2.24, 2.45) is 0 Å². The molecule has 0 aromatic carbocycles. The standard InChI is InChI=1S/C12H16F3N3/c1-7(2)16-5-9-6-17-11(8-3-4-8)18-10(9)12(13,14)15/h6-8,16H,3-5H2,1-2H3. The number of hydrogen-bond donors (Lipinski definition) is 1. The average molecular weight is 259 g/mol. The van der Waals surface area contributed by atoms with Gasteiger partial charge in [0.05, 0.1) is 0 Å². The summed E-state index contributed by atoms with van der Waals surface area (Å²) in [5, 5.41) is 2.96. The molecule has 1 fully saturated rings. The van der Waals surface area contributed by atoms with Crippen LogP contribution in [0.25, 0.3) is 0 Å². The third-order valence-electron chi connectivity index (χ3n) is 2.79. The van der Waals surface area contributed by atoms with Crippen LogP contribution in [0.1, 0.15) is 49.7 Å². The van der Waals surface area contributed by atoms with Gasteiger partial charge in [-0.2, -0.15) is 13.2 Å². The molecule has 1 saturated carbocycles. The van der Waals surface area contributed by atoms with Gasteiger partial charge in [0.2, 0.25) is 0 Å². The van der Waals surface area contributed by atoms with Crippen LogP contribution in [0.2, 0.25) is 0 Å². The highest BCUT2D eigenvalue weighted by Crippen LogP contribution is 2.39. The maximum atomic E-state index is 12.9. The van der Waals surface area contributed by atoms with E-state index in [1.54, 1.807) is 0 Å². The molecule has 0 radical (unpaired) electrons. The zero-order chi connectivity index (χ0) is 13.3. The maximum Gasteiger partial charge on any atom is 0.433 e. The molecular weight excluding hydrogens is 243 g/mol. The van der Waals surface area contributed by atoms with E-state index in [2.05, 4.69) is 15.3 Å². The molecule has 3 nitrogen and oxygen atoms in total. The first kappa shape index (κ1) is 13.3. The molecule has 1 aliphatic carbocycles. The largest absolute Gasteiger partial charge is 0.433 e. The van der Waals surface area contributed by atoms with Crippen LogP contribution >= 0.6 is 0 Å². The van der Waals surface area contributed by atoms with E-state index in [0.717, 1.165) is 12.8 Å². The molecule has 100 valence electrons. The average Bonchev–Trinajstić information content (AvgIpc) is 3.08. The van der Waals surface area contributed by atoms with Crippen molar-refractivity contribution in [3.05, 3.63) is 23.3 Å². The van der Waals surface area contributed by atoms with Gasteiger partial charge >= 0.3 is 6.18 Å². The van der Waals surface area contributed by atoms with E-state index in [9.17, 15) is 13.2 Å². The van der Waals surface area contributed by atoms with Gasteiger partial charge in [-0.05, 0) is 12.8 Å². The Balaban J connectivity index is 2.26. The van der Waals surface area contributed by atoms with Gasteiger partial charge in [-0.3, -0.25) is 0 Å². The minimum absolute atomic E-state index is 0.112. The molecule has 1 aromatic rings. The minimum Gasteiger partial charge on any atom is -0.310 e. The lowest BCUT2D eigenvalue weighted by Crippen LogP contribution is -2.25. The summed E-state index contributed by atoms with van der Waals surface area (Å²) in [6.45, 7) is 3.90. The fraction of sp³-hybridized carbons (Fsp3) is 0.667. The lowest BCUT2D eigenvalue weighted by Gasteiger charge is -2.14. The van der Waals surface area contributed by atoms with Gasteiger partial charge in [-0.25, -0.2) is 9.97 Å². The van der Waals surface area contributed by atoms with E-state index in [4.69, 9.17) is 0 Å². The van der Waals surface area contributed by atoms with E-state index >= 15 is 0 Å². The molecule has 0 aliphatic heterocycles. The Hall–Kier alpha value is -1.17. The van der Waals surface area contributed by atoms with E-state index in [1.165, 1.54) is 6.20 Å². The monoisotopic (exact) mass is 259 g/mol. The first-order valence-corrected chi connectivity index (χ1v) is 6.04. The number of nitrogens with zero attached hydrogens (tertiary/aromatic N) is 2. The zero-order valence-corrected chi connectivity index (χ0v) is 10.4. The summed E-state index contributed by atoms with van der Waals surface area (Å²) in [5.41, 5.74) is -0.687. The second-order valence-electron chi connectivity index (χ2n) is 4.91. The first-order chi connectivity index (χ1) is 8.38. The number of hydrogen-bond acceptors (Lipinski definition) is 3. The first-order valence-electron chi connectivity index (χ1n) is 6.04. The molecule has 1 aromatic heterocycles. The Bertz CT molecular complexity index is 425. The lowest BCUT2D eigenvalue weighted by molar-refractivity contribution is -0.142. The van der Waals surface area contributed by atoms with Crippen molar-refractivity contribution in [1.29, 1.82) is 0 Å². The fourth-order valence-electron chi connectivity index (χ4n) is 1.65. The highest BCUT2D eigenvalue weighted by Gasteiger charge is 2.37. The molecule has 0 bridgehead atoms. The fourth-order valence-corrected chi connectivity index (χ4v) is 1.65. The van der Waals surface area contributed by atoms with Crippen molar-refractivity contribution in [3.63, 3.8) is 0 Å². The molecule has 1 N–H and O–H groups in total. The molecule has 0 atom stereocenters. The molecule has 18 heavy (non-hydrogen) atoms. The van der Waals surface area contributed by atoms with Crippen LogP contribution in [0.5, 0.6) is 0 Å². The van der Waals surface area contributed by atoms with Crippen LogP contribution in [0.4, 0.5) is 13.2 Å². The Morgan fingerprint density at radius 2 is 2.06 bits per heavy atom. The van der Waals surface area contributed by atoms with Crippen molar-refractivity contribution >= 4 is 0 Å². The molecule has 1 heterocycles. The zero-order valence-electron chi connectivity index (χ0n) is 10.4. The van der Waals surface area contributed by atoms with Crippen LogP contribution in [-0.4, -0.2) is 16.0 Å². The van der Waals surface area contributed by atoms with Gasteiger partial charge in [0.25, 0.3) is 0 Å². The van der Waals surface area contributed by atoms with Crippen LogP contribution in [0, 0.1) is 0 Å². The molecule has 0 unspecified atom stereocenters. The Morgan fingerprint density at radius 3 is 2.56 bits per heavy atom. The highest BCUT2D eigenvalue weighted by atomic mass is 19.4. The van der Waals surface area contributed by atoms with Crippen molar-refractivity contribution in [2.45, 2.75) is 51.4 Å². The van der Waals surface area contributed by atoms with Gasteiger partial charge in [-0.1, -0.05) is 13.8 Å². The molecule has 2 rings (SSSR count). The quantitative estimate of drug-likeness (QED) is 0.903. The van der Waals surface area contributed by atoms with E-state index in [1.807, 2.05) is 13.8 Å². The third kappa shape index (κ3) is 3.19. The summed E-state index contributed by atoms with van der Waals surface area (Å²) in [5.74, 6) is 0.453. The second-order valence-corrected chi connectivity index (χ2v) is 4.91. The summed E-state index contributed by atoms with van der Waals surface area (Å²) < 4.78 is 38.8. The number of aromatic nitrogens is 2. The van der Waals surface area contributed by atoms with Crippen LogP contribution in [0.3, 0.4) is 0 Å². The SMILES string of the molecule is CC(C)NCc1cnc(C2CC2)nc1C(F)(F)F. The number of rotatable bonds is 4. The smallest absolute Gasteiger partial charge is 0.310 e. The third-order valence-corrected chi connectivity index (χ3v) is 2.79. The molecule has 0 amide bonds. The minimum atomic E-state index is -4.42. The predicted molar refractivity (Wildman–Crippen MR) is 61.0 cm³/mol. The van der Waals surface area contributed by atoms with Gasteiger partial charge in [0, 0.05) is 30.3 Å². The summed E-state index contributed by atoms with van der Waals surface area (Å²) in [6, 6.07) is 0.120. The molecule has 0 saturated heterocycles. The highest BCUT2D eigenvalue weighted by molar-refractivity contribution is 5.22. The Labute approximate surface area is 104 Å². The second kappa shape index (κ2) is 4.84. The van der Waals surface area contributed by atoms with Crippen LogP contribution in [0.15, 0.2) is 6.20 Å². The molecule has 0 spiro atoms. The van der Waals surface area contributed by atoms with Gasteiger partial charge in [-0.15, -0.1) is 0 Å². The van der Waals surface area contributed by atoms with Gasteiger partial charge in [0.1, 0.15) is 5.82 Å². The number of halogens is 3. The lowest BCUT2D eigenvalue weighted by atomic mass is 10.2. The normalized spacial score (nSPS) is 16.3. The molecular formula is C12H16F3N3. The van der Waals surface area contributed by atoms with Crippen molar-refractivity contribution in [2.75, 3.05) is 0 Å². The van der Waals surface area contributed by atoms with Crippen LogP contribution in [-0.2, 0) is 12.7 Å². The number of alkyl halides is 3. The topological polar surface area (TPSA) is 37.8 Å². The summed E-state index contributed by atoms with van der Waals surface area (Å²) in [4.78, 5) is 7.75. The number of nitrogens with one attached hydrogen (secondary N) is 1. The van der Waals surface area contributed by atoms with E-state index in [0.29, 0.717) is 5.82 Å². The summed E-state index contributed by atoms with van der Waals surface area (Å²) in [7, 11) is 0. The van der Waals surface area contributed by atoms with E-state index < -0.39 is 11.9 Å². The maximum absolute atomic E-state index is 12.9.